The Morgan fingerprint density at radius 3 is 2.11 bits per heavy atom. The molecule has 1 aromatic rings. The largest absolute Gasteiger partial charge is 0.353 e. The smallest absolute Gasteiger partial charge is 0.237 e. The molecule has 5 heteroatoms. The molecule has 19 heavy (non-hydrogen) atoms. The van der Waals surface area contributed by atoms with Gasteiger partial charge >= 0.3 is 0 Å². The summed E-state index contributed by atoms with van der Waals surface area (Å²) in [6.45, 7) is 6.99. The minimum atomic E-state index is -0.614. The fourth-order valence-electron chi connectivity index (χ4n) is 1.87. The standard InChI is InChI=1S/C14H20F2N2O/c1-8(2)17-14(19)10(4)18-9(3)13-11(15)6-5-7-12(13)16/h5-10,18H,1-4H3,(H,17,19). The van der Waals surface area contributed by atoms with Gasteiger partial charge in [0.05, 0.1) is 6.04 Å². The van der Waals surface area contributed by atoms with Gasteiger partial charge in [-0.1, -0.05) is 6.07 Å². The Labute approximate surface area is 112 Å². The average Bonchev–Trinajstić information content (AvgIpc) is 2.27. The zero-order chi connectivity index (χ0) is 14.6. The van der Waals surface area contributed by atoms with Crippen molar-refractivity contribution < 1.29 is 13.6 Å². The molecule has 0 heterocycles. The molecule has 0 saturated carbocycles. The molecule has 0 spiro atoms. The van der Waals surface area contributed by atoms with Crippen molar-refractivity contribution in [2.24, 2.45) is 0 Å². The van der Waals surface area contributed by atoms with E-state index in [2.05, 4.69) is 10.6 Å². The van der Waals surface area contributed by atoms with Crippen molar-refractivity contribution >= 4 is 5.91 Å². The third kappa shape index (κ3) is 4.28. The molecule has 2 N–H and O–H groups in total. The fraction of sp³-hybridized carbons (Fsp3) is 0.500. The minimum Gasteiger partial charge on any atom is -0.353 e. The van der Waals surface area contributed by atoms with Gasteiger partial charge in [-0.15, -0.1) is 0 Å². The van der Waals surface area contributed by atoms with Crippen molar-refractivity contribution in [3.8, 4) is 0 Å². The summed E-state index contributed by atoms with van der Waals surface area (Å²) in [5.74, 6) is -1.42. The van der Waals surface area contributed by atoms with Gasteiger partial charge in [0, 0.05) is 17.6 Å². The van der Waals surface area contributed by atoms with E-state index in [-0.39, 0.29) is 17.5 Å². The summed E-state index contributed by atoms with van der Waals surface area (Å²) in [4.78, 5) is 11.7. The Hall–Kier alpha value is -1.49. The molecule has 1 amide bonds. The summed E-state index contributed by atoms with van der Waals surface area (Å²) in [6.07, 6.45) is 0. The molecule has 0 aliphatic rings. The number of carbonyl (C=O) groups excluding carboxylic acids is 1. The van der Waals surface area contributed by atoms with Crippen LogP contribution in [0.3, 0.4) is 0 Å². The molecule has 2 unspecified atom stereocenters. The zero-order valence-corrected chi connectivity index (χ0v) is 11.6. The van der Waals surface area contributed by atoms with Gasteiger partial charge in [0.2, 0.25) is 5.91 Å². The van der Waals surface area contributed by atoms with Crippen molar-refractivity contribution in [2.45, 2.75) is 45.8 Å². The highest BCUT2D eigenvalue weighted by Crippen LogP contribution is 2.20. The van der Waals surface area contributed by atoms with Crippen molar-refractivity contribution in [3.63, 3.8) is 0 Å². The topological polar surface area (TPSA) is 41.1 Å². The number of halogens is 2. The maximum Gasteiger partial charge on any atom is 0.237 e. The van der Waals surface area contributed by atoms with Crippen LogP contribution in [-0.2, 0) is 4.79 Å². The summed E-state index contributed by atoms with van der Waals surface area (Å²) in [5.41, 5.74) is -0.0494. The van der Waals surface area contributed by atoms with Crippen molar-refractivity contribution in [1.29, 1.82) is 0 Å². The first kappa shape index (κ1) is 15.6. The lowest BCUT2D eigenvalue weighted by atomic mass is 10.1. The number of amides is 1. The van der Waals surface area contributed by atoms with Gasteiger partial charge in [0.1, 0.15) is 11.6 Å². The first-order valence-corrected chi connectivity index (χ1v) is 6.33. The molecule has 0 aliphatic heterocycles. The molecule has 0 radical (unpaired) electrons. The maximum atomic E-state index is 13.6. The highest BCUT2D eigenvalue weighted by molar-refractivity contribution is 5.81. The third-order valence-corrected chi connectivity index (χ3v) is 2.76. The van der Waals surface area contributed by atoms with Crippen LogP contribution in [0.2, 0.25) is 0 Å². The lowest BCUT2D eigenvalue weighted by Crippen LogP contribution is -2.45. The molecule has 0 saturated heterocycles. The average molecular weight is 270 g/mol. The van der Waals surface area contributed by atoms with Gasteiger partial charge in [-0.05, 0) is 39.8 Å². The van der Waals surface area contributed by atoms with Crippen LogP contribution in [0.4, 0.5) is 8.78 Å². The Kier molecular flexibility index (Phi) is 5.42. The Morgan fingerprint density at radius 1 is 1.11 bits per heavy atom. The normalized spacial score (nSPS) is 14.3. The predicted octanol–water partition coefficient (Wildman–Crippen LogP) is 2.53. The van der Waals surface area contributed by atoms with E-state index in [9.17, 15) is 13.6 Å². The van der Waals surface area contributed by atoms with Crippen LogP contribution in [0.15, 0.2) is 18.2 Å². The van der Waals surface area contributed by atoms with Crippen LogP contribution in [0.25, 0.3) is 0 Å². The van der Waals surface area contributed by atoms with Crippen LogP contribution >= 0.6 is 0 Å². The molecule has 0 aromatic heterocycles. The summed E-state index contributed by atoms with van der Waals surface area (Å²) in [6, 6.07) is 2.63. The van der Waals surface area contributed by atoms with Crippen LogP contribution in [0.1, 0.15) is 39.3 Å². The fourth-order valence-corrected chi connectivity index (χ4v) is 1.87. The molecular weight excluding hydrogens is 250 g/mol. The van der Waals surface area contributed by atoms with E-state index in [1.165, 1.54) is 18.2 Å². The van der Waals surface area contributed by atoms with E-state index in [0.717, 1.165) is 0 Å². The number of carbonyl (C=O) groups is 1. The molecule has 1 aromatic carbocycles. The highest BCUT2D eigenvalue weighted by atomic mass is 19.1. The predicted molar refractivity (Wildman–Crippen MR) is 70.6 cm³/mol. The van der Waals surface area contributed by atoms with Gasteiger partial charge in [-0.3, -0.25) is 10.1 Å². The van der Waals surface area contributed by atoms with E-state index in [0.29, 0.717) is 0 Å². The van der Waals surface area contributed by atoms with Crippen LogP contribution in [-0.4, -0.2) is 18.0 Å². The van der Waals surface area contributed by atoms with Gasteiger partial charge in [0.25, 0.3) is 0 Å². The van der Waals surface area contributed by atoms with E-state index in [4.69, 9.17) is 0 Å². The summed E-state index contributed by atoms with van der Waals surface area (Å²) in [7, 11) is 0. The highest BCUT2D eigenvalue weighted by Gasteiger charge is 2.21. The summed E-state index contributed by atoms with van der Waals surface area (Å²) in [5, 5.41) is 5.63. The second-order valence-corrected chi connectivity index (χ2v) is 4.91. The SMILES string of the molecule is CC(C)NC(=O)C(C)NC(C)c1c(F)cccc1F. The molecule has 1 rings (SSSR count). The van der Waals surface area contributed by atoms with Crippen molar-refractivity contribution in [1.82, 2.24) is 10.6 Å². The van der Waals surface area contributed by atoms with Crippen LogP contribution < -0.4 is 10.6 Å². The molecule has 106 valence electrons. The van der Waals surface area contributed by atoms with Gasteiger partial charge < -0.3 is 5.32 Å². The number of nitrogens with one attached hydrogen (secondary N) is 2. The number of hydrogen-bond acceptors (Lipinski definition) is 2. The summed E-state index contributed by atoms with van der Waals surface area (Å²) < 4.78 is 27.2. The Bertz CT molecular complexity index is 429. The molecule has 0 bridgehead atoms. The quantitative estimate of drug-likeness (QED) is 0.863. The van der Waals surface area contributed by atoms with Gasteiger partial charge in [-0.2, -0.15) is 0 Å². The molecule has 2 atom stereocenters. The van der Waals surface area contributed by atoms with E-state index in [1.54, 1.807) is 13.8 Å². The molecule has 0 aliphatic carbocycles. The van der Waals surface area contributed by atoms with Gasteiger partial charge in [0.15, 0.2) is 0 Å². The monoisotopic (exact) mass is 270 g/mol. The molecule has 3 nitrogen and oxygen atoms in total. The molecule has 0 fully saturated rings. The zero-order valence-electron chi connectivity index (χ0n) is 11.6. The first-order chi connectivity index (χ1) is 8.82. The van der Waals surface area contributed by atoms with Crippen molar-refractivity contribution in [3.05, 3.63) is 35.4 Å². The Morgan fingerprint density at radius 2 is 1.63 bits per heavy atom. The number of rotatable bonds is 5. The number of hydrogen-bond donors (Lipinski definition) is 2. The lowest BCUT2D eigenvalue weighted by Gasteiger charge is -2.21. The van der Waals surface area contributed by atoms with Gasteiger partial charge in [-0.25, -0.2) is 8.78 Å². The lowest BCUT2D eigenvalue weighted by molar-refractivity contribution is -0.123. The maximum absolute atomic E-state index is 13.6. The van der Waals surface area contributed by atoms with E-state index >= 15 is 0 Å². The van der Waals surface area contributed by atoms with Crippen LogP contribution in [0.5, 0.6) is 0 Å². The van der Waals surface area contributed by atoms with Crippen molar-refractivity contribution in [2.75, 3.05) is 0 Å². The Balaban J connectivity index is 2.74. The molecular formula is C14H20F2N2O. The third-order valence-electron chi connectivity index (χ3n) is 2.76. The summed E-state index contributed by atoms with van der Waals surface area (Å²) >= 11 is 0. The van der Waals surface area contributed by atoms with E-state index < -0.39 is 23.7 Å². The van der Waals surface area contributed by atoms with E-state index in [1.807, 2.05) is 13.8 Å². The second kappa shape index (κ2) is 6.61. The van der Waals surface area contributed by atoms with Crippen LogP contribution in [0, 0.1) is 11.6 Å². The second-order valence-electron chi connectivity index (χ2n) is 4.91. The number of benzene rings is 1. The first-order valence-electron chi connectivity index (χ1n) is 6.33. The minimum absolute atomic E-state index is 0.0252.